The molecule has 0 aliphatic rings. The van der Waals surface area contributed by atoms with Gasteiger partial charge in [0.05, 0.1) is 0 Å². The molecule has 0 aliphatic carbocycles. The molecule has 1 nitrogen and oxygen atoms in total. The Balaban J connectivity index is 0.000000292. The van der Waals surface area contributed by atoms with Gasteiger partial charge in [-0.2, -0.15) is 0 Å². The summed E-state index contributed by atoms with van der Waals surface area (Å²) in [5.41, 5.74) is 7.77. The largest absolute Gasteiger partial charge is 0.399 e. The van der Waals surface area contributed by atoms with E-state index < -0.39 is 0 Å². The van der Waals surface area contributed by atoms with Crippen LogP contribution in [-0.2, 0) is 0 Å². The first-order chi connectivity index (χ1) is 6.47. The van der Waals surface area contributed by atoms with Gasteiger partial charge in [0.15, 0.2) is 0 Å². The summed E-state index contributed by atoms with van der Waals surface area (Å²) in [6.45, 7) is 7.91. The van der Waals surface area contributed by atoms with Crippen molar-refractivity contribution in [2.75, 3.05) is 5.73 Å². The van der Waals surface area contributed by atoms with Crippen LogP contribution in [0, 0.1) is 12.7 Å². The molecule has 1 aromatic carbocycles. The van der Waals surface area contributed by atoms with Crippen molar-refractivity contribution in [1.29, 1.82) is 0 Å². The van der Waals surface area contributed by atoms with Crippen LogP contribution in [0.2, 0.25) is 0 Å². The van der Waals surface area contributed by atoms with E-state index in [4.69, 9.17) is 5.73 Å². The first-order valence-electron chi connectivity index (χ1n) is 4.58. The van der Waals surface area contributed by atoms with Crippen LogP contribution in [0.5, 0.6) is 0 Å². The smallest absolute Gasteiger partial charge is 0.128 e. The van der Waals surface area contributed by atoms with Gasteiger partial charge in [0.2, 0.25) is 0 Å². The first-order valence-corrected chi connectivity index (χ1v) is 4.58. The summed E-state index contributed by atoms with van der Waals surface area (Å²) in [7, 11) is 0. The molecule has 0 unspecified atom stereocenters. The zero-order chi connectivity index (χ0) is 11.1. The number of hydrogen-bond acceptors (Lipinski definition) is 1. The Morgan fingerprint density at radius 3 is 2.14 bits per heavy atom. The summed E-state index contributed by atoms with van der Waals surface area (Å²) in [5.74, 6) is -0.241. The van der Waals surface area contributed by atoms with Crippen LogP contribution in [-0.4, -0.2) is 0 Å². The lowest BCUT2D eigenvalue weighted by Crippen LogP contribution is -1.87. The van der Waals surface area contributed by atoms with Gasteiger partial charge in [-0.1, -0.05) is 17.7 Å². The van der Waals surface area contributed by atoms with Gasteiger partial charge >= 0.3 is 0 Å². The van der Waals surface area contributed by atoms with Crippen molar-refractivity contribution in [2.24, 2.45) is 0 Å². The molecule has 0 bridgehead atoms. The average molecular weight is 195 g/mol. The van der Waals surface area contributed by atoms with Crippen LogP contribution < -0.4 is 5.73 Å². The van der Waals surface area contributed by atoms with E-state index in [1.165, 1.54) is 11.6 Å². The lowest BCUT2D eigenvalue weighted by Gasteiger charge is -1.94. The molecule has 78 valence electrons. The minimum atomic E-state index is -0.241. The second-order valence-corrected chi connectivity index (χ2v) is 3.37. The van der Waals surface area contributed by atoms with E-state index in [0.717, 1.165) is 0 Å². The molecule has 0 radical (unpaired) electrons. The second-order valence-electron chi connectivity index (χ2n) is 3.37. The molecule has 1 aromatic rings. The van der Waals surface area contributed by atoms with Crippen molar-refractivity contribution < 1.29 is 4.39 Å². The third kappa shape index (κ3) is 5.36. The van der Waals surface area contributed by atoms with Crippen molar-refractivity contribution in [3.05, 3.63) is 41.2 Å². The van der Waals surface area contributed by atoms with Crippen LogP contribution in [0.3, 0.4) is 0 Å². The SMILES string of the molecule is CC=C(C)C.Cc1ccc(N)cc1F. The second kappa shape index (κ2) is 6.19. The minimum absolute atomic E-state index is 0.241. The molecule has 0 heterocycles. The normalized spacial score (nSPS) is 8.64. The highest BCUT2D eigenvalue weighted by atomic mass is 19.1. The van der Waals surface area contributed by atoms with E-state index in [9.17, 15) is 4.39 Å². The Kier molecular flexibility index (Phi) is 5.61. The summed E-state index contributed by atoms with van der Waals surface area (Å²) < 4.78 is 12.5. The van der Waals surface area contributed by atoms with Gasteiger partial charge in [-0.3, -0.25) is 0 Å². The Morgan fingerprint density at radius 1 is 1.36 bits per heavy atom. The van der Waals surface area contributed by atoms with Crippen LogP contribution >= 0.6 is 0 Å². The van der Waals surface area contributed by atoms with Crippen molar-refractivity contribution in [2.45, 2.75) is 27.7 Å². The predicted molar refractivity (Wildman–Crippen MR) is 60.7 cm³/mol. The highest BCUT2D eigenvalue weighted by molar-refractivity contribution is 5.39. The third-order valence-corrected chi connectivity index (χ3v) is 1.77. The van der Waals surface area contributed by atoms with E-state index in [2.05, 4.69) is 19.9 Å². The summed E-state index contributed by atoms with van der Waals surface area (Å²) in [6, 6.07) is 4.65. The number of nitrogens with two attached hydrogens (primary N) is 1. The van der Waals surface area contributed by atoms with Gasteiger partial charge in [0.1, 0.15) is 5.82 Å². The summed E-state index contributed by atoms with van der Waals surface area (Å²) in [5, 5.41) is 0. The van der Waals surface area contributed by atoms with Crippen molar-refractivity contribution in [3.8, 4) is 0 Å². The quantitative estimate of drug-likeness (QED) is 0.496. The van der Waals surface area contributed by atoms with Gasteiger partial charge < -0.3 is 5.73 Å². The highest BCUT2D eigenvalue weighted by Gasteiger charge is 1.93. The highest BCUT2D eigenvalue weighted by Crippen LogP contribution is 2.09. The average Bonchev–Trinajstić information content (AvgIpc) is 2.13. The van der Waals surface area contributed by atoms with Gasteiger partial charge in [-0.05, 0) is 45.4 Å². The van der Waals surface area contributed by atoms with Gasteiger partial charge in [0.25, 0.3) is 0 Å². The maximum Gasteiger partial charge on any atom is 0.128 e. The van der Waals surface area contributed by atoms with Gasteiger partial charge in [0, 0.05) is 5.69 Å². The summed E-state index contributed by atoms with van der Waals surface area (Å²) in [6.07, 6.45) is 2.08. The topological polar surface area (TPSA) is 26.0 Å². The Morgan fingerprint density at radius 2 is 1.86 bits per heavy atom. The van der Waals surface area contributed by atoms with Gasteiger partial charge in [-0.25, -0.2) is 4.39 Å². The molecule has 2 heteroatoms. The Labute approximate surface area is 85.4 Å². The molecule has 1 rings (SSSR count). The van der Waals surface area contributed by atoms with Crippen LogP contribution in [0.25, 0.3) is 0 Å². The summed E-state index contributed by atoms with van der Waals surface area (Å²) >= 11 is 0. The van der Waals surface area contributed by atoms with Crippen LogP contribution in [0.15, 0.2) is 29.8 Å². The molecule has 0 saturated carbocycles. The zero-order valence-corrected chi connectivity index (χ0v) is 9.26. The monoisotopic (exact) mass is 195 g/mol. The van der Waals surface area contributed by atoms with E-state index in [0.29, 0.717) is 11.3 Å². The molecule has 0 aromatic heterocycles. The van der Waals surface area contributed by atoms with Crippen molar-refractivity contribution in [1.82, 2.24) is 0 Å². The standard InChI is InChI=1S/C7H8FN.C5H10/c1-5-2-3-6(9)4-7(5)8;1-4-5(2)3/h2-4H,9H2,1H3;4H,1-3H3. The molecule has 0 saturated heterocycles. The molecule has 14 heavy (non-hydrogen) atoms. The fourth-order valence-corrected chi connectivity index (χ4v) is 0.609. The molecule has 0 amide bonds. The van der Waals surface area contributed by atoms with Crippen molar-refractivity contribution in [3.63, 3.8) is 0 Å². The number of aryl methyl sites for hydroxylation is 1. The number of rotatable bonds is 0. The molecule has 0 aliphatic heterocycles. The van der Waals surface area contributed by atoms with Crippen molar-refractivity contribution >= 4 is 5.69 Å². The fourth-order valence-electron chi connectivity index (χ4n) is 0.609. The lowest BCUT2D eigenvalue weighted by molar-refractivity contribution is 0.619. The molecule has 2 N–H and O–H groups in total. The number of hydrogen-bond donors (Lipinski definition) is 1. The first kappa shape index (κ1) is 12.7. The Bertz CT molecular complexity index is 312. The maximum absolute atomic E-state index is 12.5. The molecule has 0 fully saturated rings. The van der Waals surface area contributed by atoms with E-state index in [1.54, 1.807) is 19.1 Å². The number of allylic oxidation sites excluding steroid dienone is 2. The predicted octanol–water partition coefficient (Wildman–Crippen LogP) is 3.69. The molecule has 0 atom stereocenters. The zero-order valence-electron chi connectivity index (χ0n) is 9.26. The number of anilines is 1. The number of halogens is 1. The fraction of sp³-hybridized carbons (Fsp3) is 0.333. The van der Waals surface area contributed by atoms with Crippen LogP contribution in [0.1, 0.15) is 26.3 Å². The summed E-state index contributed by atoms with van der Waals surface area (Å²) in [4.78, 5) is 0. The number of nitrogen functional groups attached to an aromatic ring is 1. The minimum Gasteiger partial charge on any atom is -0.399 e. The van der Waals surface area contributed by atoms with Gasteiger partial charge in [-0.15, -0.1) is 0 Å². The van der Waals surface area contributed by atoms with E-state index in [-0.39, 0.29) is 5.82 Å². The maximum atomic E-state index is 12.5. The molecule has 0 spiro atoms. The third-order valence-electron chi connectivity index (χ3n) is 1.77. The number of benzene rings is 1. The molecular weight excluding hydrogens is 177 g/mol. The molecular formula is C12H18FN. The Hall–Kier alpha value is -1.31. The lowest BCUT2D eigenvalue weighted by atomic mass is 10.2. The van der Waals surface area contributed by atoms with E-state index >= 15 is 0 Å². The van der Waals surface area contributed by atoms with E-state index in [1.807, 2.05) is 6.92 Å². The van der Waals surface area contributed by atoms with Crippen LogP contribution in [0.4, 0.5) is 10.1 Å².